The summed E-state index contributed by atoms with van der Waals surface area (Å²) in [5.41, 5.74) is 1.14. The largest absolute Gasteiger partial charge is 0.396 e. The number of aryl methyl sites for hydroxylation is 1. The maximum Gasteiger partial charge on any atom is 0.282 e. The molecule has 1 N–H and O–H groups in total. The summed E-state index contributed by atoms with van der Waals surface area (Å²) in [6, 6.07) is 5.08. The third-order valence-corrected chi connectivity index (χ3v) is 3.52. The van der Waals surface area contributed by atoms with Crippen molar-refractivity contribution in [1.29, 1.82) is 0 Å². The average Bonchev–Trinajstić information content (AvgIpc) is 2.25. The van der Waals surface area contributed by atoms with E-state index < -0.39 is 0 Å². The number of nitrogens with zero attached hydrogens (tertiary/aromatic N) is 1. The summed E-state index contributed by atoms with van der Waals surface area (Å²) in [7, 11) is 0. The van der Waals surface area contributed by atoms with E-state index in [1.165, 1.54) is 17.8 Å². The molecule has 0 aliphatic carbocycles. The van der Waals surface area contributed by atoms with E-state index in [0.717, 1.165) is 5.56 Å². The topological polar surface area (TPSA) is 63.4 Å². The van der Waals surface area contributed by atoms with Crippen LogP contribution < -0.4 is 0 Å². The molecule has 5 heteroatoms. The second-order valence-electron chi connectivity index (χ2n) is 3.83. The quantitative estimate of drug-likeness (QED) is 0.489. The third kappa shape index (κ3) is 3.50. The number of hydrogen-bond donors (Lipinski definition) is 1. The molecular formula is C11H15NO3S. The predicted molar refractivity (Wildman–Crippen MR) is 64.8 cm³/mol. The molecule has 88 valence electrons. The Morgan fingerprint density at radius 3 is 2.81 bits per heavy atom. The highest BCUT2D eigenvalue weighted by Gasteiger charge is 2.14. The molecule has 0 heterocycles. The Labute approximate surface area is 98.8 Å². The molecule has 1 aromatic rings. The van der Waals surface area contributed by atoms with Crippen molar-refractivity contribution in [2.75, 3.05) is 12.4 Å². The smallest absolute Gasteiger partial charge is 0.282 e. The second kappa shape index (κ2) is 5.86. The van der Waals surface area contributed by atoms with Gasteiger partial charge < -0.3 is 5.11 Å². The molecule has 0 fully saturated rings. The van der Waals surface area contributed by atoms with Crippen molar-refractivity contribution in [3.63, 3.8) is 0 Å². The fourth-order valence-electron chi connectivity index (χ4n) is 1.17. The van der Waals surface area contributed by atoms with Crippen LogP contribution in [0, 0.1) is 23.0 Å². The first kappa shape index (κ1) is 13.0. The van der Waals surface area contributed by atoms with Crippen LogP contribution in [-0.2, 0) is 0 Å². The van der Waals surface area contributed by atoms with Crippen molar-refractivity contribution in [2.24, 2.45) is 5.92 Å². The maximum absolute atomic E-state index is 10.8. The number of nitro benzene ring substituents is 1. The van der Waals surface area contributed by atoms with Crippen LogP contribution in [-0.4, -0.2) is 22.4 Å². The van der Waals surface area contributed by atoms with Gasteiger partial charge in [-0.25, -0.2) is 0 Å². The van der Waals surface area contributed by atoms with Crippen molar-refractivity contribution >= 4 is 17.4 Å². The van der Waals surface area contributed by atoms with Crippen LogP contribution in [0.1, 0.15) is 12.5 Å². The summed E-state index contributed by atoms with van der Waals surface area (Å²) in [6.45, 7) is 3.92. The van der Waals surface area contributed by atoms with Gasteiger partial charge in [-0.3, -0.25) is 10.1 Å². The summed E-state index contributed by atoms with van der Waals surface area (Å²) < 4.78 is 0. The summed E-state index contributed by atoms with van der Waals surface area (Å²) >= 11 is 1.42. The van der Waals surface area contributed by atoms with Crippen molar-refractivity contribution < 1.29 is 10.0 Å². The lowest BCUT2D eigenvalue weighted by Gasteiger charge is -2.08. The molecule has 0 aromatic heterocycles. The number of nitro groups is 1. The minimum Gasteiger partial charge on any atom is -0.396 e. The predicted octanol–water partition coefficient (Wildman–Crippen LogP) is 2.62. The molecule has 0 radical (unpaired) electrons. The van der Waals surface area contributed by atoms with Crippen molar-refractivity contribution in [1.82, 2.24) is 0 Å². The molecule has 0 aliphatic heterocycles. The highest BCUT2D eigenvalue weighted by molar-refractivity contribution is 7.99. The second-order valence-corrected chi connectivity index (χ2v) is 4.89. The Kier molecular flexibility index (Phi) is 4.76. The van der Waals surface area contributed by atoms with Gasteiger partial charge in [0, 0.05) is 18.4 Å². The zero-order valence-corrected chi connectivity index (χ0v) is 10.2. The number of aliphatic hydroxyl groups is 1. The molecule has 0 spiro atoms. The van der Waals surface area contributed by atoms with Gasteiger partial charge in [-0.05, 0) is 24.5 Å². The van der Waals surface area contributed by atoms with Crippen LogP contribution >= 0.6 is 11.8 Å². The van der Waals surface area contributed by atoms with Crippen LogP contribution in [0.15, 0.2) is 23.1 Å². The van der Waals surface area contributed by atoms with E-state index in [0.29, 0.717) is 10.6 Å². The summed E-state index contributed by atoms with van der Waals surface area (Å²) in [4.78, 5) is 11.1. The van der Waals surface area contributed by atoms with E-state index in [2.05, 4.69) is 0 Å². The molecule has 0 aliphatic rings. The molecule has 0 saturated heterocycles. The van der Waals surface area contributed by atoms with Crippen LogP contribution in [0.25, 0.3) is 0 Å². The van der Waals surface area contributed by atoms with E-state index in [-0.39, 0.29) is 23.1 Å². The van der Waals surface area contributed by atoms with Gasteiger partial charge >= 0.3 is 0 Å². The third-order valence-electron chi connectivity index (χ3n) is 2.15. The van der Waals surface area contributed by atoms with Gasteiger partial charge in [0.25, 0.3) is 5.69 Å². The molecule has 0 bridgehead atoms. The Morgan fingerprint density at radius 2 is 2.25 bits per heavy atom. The number of rotatable bonds is 5. The normalized spacial score (nSPS) is 12.4. The first-order valence-electron chi connectivity index (χ1n) is 5.03. The fourth-order valence-corrected chi connectivity index (χ4v) is 2.30. The Balaban J connectivity index is 2.84. The molecule has 1 unspecified atom stereocenters. The first-order valence-corrected chi connectivity index (χ1v) is 6.02. The van der Waals surface area contributed by atoms with Crippen molar-refractivity contribution in [3.05, 3.63) is 33.9 Å². The van der Waals surface area contributed by atoms with Crippen molar-refractivity contribution in [3.8, 4) is 0 Å². The molecule has 1 aromatic carbocycles. The van der Waals surface area contributed by atoms with Crippen molar-refractivity contribution in [2.45, 2.75) is 18.7 Å². The number of benzene rings is 1. The summed E-state index contributed by atoms with van der Waals surface area (Å²) in [5.74, 6) is 0.825. The lowest BCUT2D eigenvalue weighted by Crippen LogP contribution is -2.03. The lowest BCUT2D eigenvalue weighted by atomic mass is 10.2. The zero-order valence-electron chi connectivity index (χ0n) is 9.34. The van der Waals surface area contributed by atoms with E-state index in [1.807, 2.05) is 19.9 Å². The Bertz CT molecular complexity index is 381. The zero-order chi connectivity index (χ0) is 12.1. The lowest BCUT2D eigenvalue weighted by molar-refractivity contribution is -0.387. The Hall–Kier alpha value is -1.07. The van der Waals surface area contributed by atoms with Crippen LogP contribution in [0.2, 0.25) is 0 Å². The molecule has 1 rings (SSSR count). The molecule has 4 nitrogen and oxygen atoms in total. The maximum atomic E-state index is 10.8. The van der Waals surface area contributed by atoms with E-state index >= 15 is 0 Å². The highest BCUT2D eigenvalue weighted by Crippen LogP contribution is 2.31. The van der Waals surface area contributed by atoms with Crippen LogP contribution in [0.3, 0.4) is 0 Å². The van der Waals surface area contributed by atoms with E-state index in [4.69, 9.17) is 5.11 Å². The number of aliphatic hydroxyl groups excluding tert-OH is 1. The molecule has 0 amide bonds. The van der Waals surface area contributed by atoms with Gasteiger partial charge in [0.1, 0.15) is 0 Å². The monoisotopic (exact) mass is 241 g/mol. The molecule has 1 atom stereocenters. The van der Waals surface area contributed by atoms with Gasteiger partial charge in [-0.2, -0.15) is 0 Å². The minimum atomic E-state index is -0.370. The fraction of sp³-hybridized carbons (Fsp3) is 0.455. The first-order chi connectivity index (χ1) is 7.54. The van der Waals surface area contributed by atoms with Crippen LogP contribution in [0.5, 0.6) is 0 Å². The van der Waals surface area contributed by atoms with Crippen LogP contribution in [0.4, 0.5) is 5.69 Å². The Morgan fingerprint density at radius 1 is 1.56 bits per heavy atom. The molecule has 16 heavy (non-hydrogen) atoms. The summed E-state index contributed by atoms with van der Waals surface area (Å²) in [6.07, 6.45) is 0. The van der Waals surface area contributed by atoms with Gasteiger partial charge in [0.2, 0.25) is 0 Å². The SMILES string of the molecule is Cc1ccc([N+](=O)[O-])c(SCC(C)CO)c1. The van der Waals surface area contributed by atoms with Gasteiger partial charge in [-0.1, -0.05) is 13.0 Å². The van der Waals surface area contributed by atoms with Gasteiger partial charge in [0.05, 0.1) is 9.82 Å². The highest BCUT2D eigenvalue weighted by atomic mass is 32.2. The van der Waals surface area contributed by atoms with Gasteiger partial charge in [0.15, 0.2) is 0 Å². The minimum absolute atomic E-state index is 0.104. The average molecular weight is 241 g/mol. The standard InChI is InChI=1S/C11H15NO3S/c1-8-3-4-10(12(14)15)11(5-8)16-7-9(2)6-13/h3-5,9,13H,6-7H2,1-2H3. The summed E-state index contributed by atoms with van der Waals surface area (Å²) in [5, 5.41) is 19.7. The van der Waals surface area contributed by atoms with Gasteiger partial charge in [-0.15, -0.1) is 11.8 Å². The molecule has 0 saturated carbocycles. The van der Waals surface area contributed by atoms with E-state index in [9.17, 15) is 10.1 Å². The number of hydrogen-bond acceptors (Lipinski definition) is 4. The number of thioether (sulfide) groups is 1. The molecular weight excluding hydrogens is 226 g/mol. The van der Waals surface area contributed by atoms with E-state index in [1.54, 1.807) is 6.07 Å².